The Labute approximate surface area is 73.9 Å². The first-order chi connectivity index (χ1) is 5.54. The molecule has 0 aromatic heterocycles. The fourth-order valence-corrected chi connectivity index (χ4v) is 0.862. The van der Waals surface area contributed by atoms with Crippen LogP contribution in [0.15, 0.2) is 24.0 Å². The number of rotatable bonds is 4. The molecule has 0 unspecified atom stereocenters. The number of carbonyl (C=O) groups excluding carboxylic acids is 1. The van der Waals surface area contributed by atoms with Gasteiger partial charge in [0.15, 0.2) is 5.78 Å². The minimum atomic E-state index is -0.0110. The Balaban J connectivity index is 4.60. The third-order valence-electron chi connectivity index (χ3n) is 1.63. The summed E-state index contributed by atoms with van der Waals surface area (Å²) in [6, 6.07) is 0. The van der Waals surface area contributed by atoms with Gasteiger partial charge in [0.1, 0.15) is 5.76 Å². The van der Waals surface area contributed by atoms with E-state index < -0.39 is 0 Å². The SMILES string of the molecule is C=C(OC)/C(=C\C)C(=O)C(C)C. The summed E-state index contributed by atoms with van der Waals surface area (Å²) in [5.41, 5.74) is 0.576. The Morgan fingerprint density at radius 1 is 1.50 bits per heavy atom. The molecule has 0 bridgehead atoms. The van der Waals surface area contributed by atoms with E-state index in [0.717, 1.165) is 0 Å². The van der Waals surface area contributed by atoms with Gasteiger partial charge >= 0.3 is 0 Å². The first-order valence-electron chi connectivity index (χ1n) is 3.98. The fourth-order valence-electron chi connectivity index (χ4n) is 0.862. The van der Waals surface area contributed by atoms with Crippen LogP contribution in [-0.4, -0.2) is 12.9 Å². The number of hydrogen-bond donors (Lipinski definition) is 0. The molecule has 0 aliphatic rings. The lowest BCUT2D eigenvalue weighted by Crippen LogP contribution is -2.12. The summed E-state index contributed by atoms with van der Waals surface area (Å²) in [5.74, 6) is 0.503. The molecule has 0 heterocycles. The van der Waals surface area contributed by atoms with E-state index in [2.05, 4.69) is 6.58 Å². The molecular formula is C10H16O2. The van der Waals surface area contributed by atoms with Gasteiger partial charge in [0.2, 0.25) is 0 Å². The molecule has 0 radical (unpaired) electrons. The Hall–Kier alpha value is -1.05. The van der Waals surface area contributed by atoms with Crippen LogP contribution in [0.5, 0.6) is 0 Å². The Kier molecular flexibility index (Phi) is 4.34. The maximum absolute atomic E-state index is 11.5. The van der Waals surface area contributed by atoms with E-state index in [1.54, 1.807) is 13.0 Å². The largest absolute Gasteiger partial charge is 0.497 e. The average molecular weight is 168 g/mol. The second kappa shape index (κ2) is 4.75. The zero-order chi connectivity index (χ0) is 9.72. The molecule has 0 N–H and O–H groups in total. The van der Waals surface area contributed by atoms with E-state index in [4.69, 9.17) is 4.74 Å². The minimum absolute atomic E-state index is 0.0110. The summed E-state index contributed by atoms with van der Waals surface area (Å²) >= 11 is 0. The Morgan fingerprint density at radius 3 is 2.25 bits per heavy atom. The third kappa shape index (κ3) is 2.53. The van der Waals surface area contributed by atoms with Crippen molar-refractivity contribution < 1.29 is 9.53 Å². The van der Waals surface area contributed by atoms with Crippen LogP contribution in [0, 0.1) is 5.92 Å². The van der Waals surface area contributed by atoms with E-state index >= 15 is 0 Å². The van der Waals surface area contributed by atoms with Gasteiger partial charge in [0.25, 0.3) is 0 Å². The first-order valence-corrected chi connectivity index (χ1v) is 3.98. The quantitative estimate of drug-likeness (QED) is 0.366. The highest BCUT2D eigenvalue weighted by molar-refractivity contribution is 5.99. The molecule has 0 spiro atoms. The minimum Gasteiger partial charge on any atom is -0.497 e. The van der Waals surface area contributed by atoms with Gasteiger partial charge in [-0.2, -0.15) is 0 Å². The molecule has 0 atom stereocenters. The zero-order valence-corrected chi connectivity index (χ0v) is 8.18. The molecule has 0 aliphatic carbocycles. The van der Waals surface area contributed by atoms with Crippen molar-refractivity contribution in [2.45, 2.75) is 20.8 Å². The van der Waals surface area contributed by atoms with Gasteiger partial charge in [0, 0.05) is 5.92 Å². The van der Waals surface area contributed by atoms with Crippen LogP contribution in [0.1, 0.15) is 20.8 Å². The van der Waals surface area contributed by atoms with Crippen molar-refractivity contribution in [1.29, 1.82) is 0 Å². The van der Waals surface area contributed by atoms with Gasteiger partial charge in [-0.15, -0.1) is 0 Å². The predicted octanol–water partition coefficient (Wildman–Crippen LogP) is 2.32. The number of ether oxygens (including phenoxy) is 1. The molecule has 12 heavy (non-hydrogen) atoms. The highest BCUT2D eigenvalue weighted by Crippen LogP contribution is 2.14. The second-order valence-corrected chi connectivity index (χ2v) is 2.85. The van der Waals surface area contributed by atoms with Gasteiger partial charge in [-0.1, -0.05) is 26.5 Å². The monoisotopic (exact) mass is 168 g/mol. The van der Waals surface area contributed by atoms with Gasteiger partial charge in [0.05, 0.1) is 12.7 Å². The molecule has 2 heteroatoms. The summed E-state index contributed by atoms with van der Waals surface area (Å²) < 4.78 is 4.89. The molecule has 0 rings (SSSR count). The fraction of sp³-hybridized carbons (Fsp3) is 0.500. The molecule has 0 saturated heterocycles. The molecule has 0 amide bonds. The van der Waals surface area contributed by atoms with Gasteiger partial charge in [-0.05, 0) is 6.92 Å². The maximum atomic E-state index is 11.5. The van der Waals surface area contributed by atoms with Gasteiger partial charge in [-0.25, -0.2) is 0 Å². The van der Waals surface area contributed by atoms with E-state index in [-0.39, 0.29) is 11.7 Å². The summed E-state index contributed by atoms with van der Waals surface area (Å²) in [6.07, 6.45) is 1.73. The van der Waals surface area contributed by atoms with Crippen molar-refractivity contribution >= 4 is 5.78 Å². The van der Waals surface area contributed by atoms with Crippen molar-refractivity contribution in [1.82, 2.24) is 0 Å². The highest BCUT2D eigenvalue weighted by atomic mass is 16.5. The molecule has 0 aromatic carbocycles. The lowest BCUT2D eigenvalue weighted by atomic mass is 10.00. The maximum Gasteiger partial charge on any atom is 0.168 e. The number of carbonyl (C=O) groups is 1. The van der Waals surface area contributed by atoms with Crippen molar-refractivity contribution in [3.63, 3.8) is 0 Å². The number of Topliss-reactive ketones (excluding diaryl/α,β-unsaturated/α-hetero) is 1. The van der Waals surface area contributed by atoms with Crippen LogP contribution in [0.3, 0.4) is 0 Å². The number of allylic oxidation sites excluding steroid dienone is 2. The summed E-state index contributed by atoms with van der Waals surface area (Å²) in [4.78, 5) is 11.5. The van der Waals surface area contributed by atoms with Crippen LogP contribution < -0.4 is 0 Å². The van der Waals surface area contributed by atoms with Crippen molar-refractivity contribution in [3.8, 4) is 0 Å². The van der Waals surface area contributed by atoms with E-state index in [9.17, 15) is 4.79 Å². The first kappa shape index (κ1) is 11.0. The predicted molar refractivity (Wildman–Crippen MR) is 49.8 cm³/mol. The number of hydrogen-bond acceptors (Lipinski definition) is 2. The van der Waals surface area contributed by atoms with Crippen LogP contribution in [0.2, 0.25) is 0 Å². The Morgan fingerprint density at radius 2 is 2.00 bits per heavy atom. The van der Waals surface area contributed by atoms with Crippen LogP contribution in [0.4, 0.5) is 0 Å². The van der Waals surface area contributed by atoms with Crippen LogP contribution in [0.25, 0.3) is 0 Å². The van der Waals surface area contributed by atoms with E-state index in [1.807, 2.05) is 13.8 Å². The van der Waals surface area contributed by atoms with Crippen molar-refractivity contribution in [2.24, 2.45) is 5.92 Å². The van der Waals surface area contributed by atoms with E-state index in [0.29, 0.717) is 11.3 Å². The summed E-state index contributed by atoms with van der Waals surface area (Å²) in [5, 5.41) is 0. The summed E-state index contributed by atoms with van der Waals surface area (Å²) in [6.45, 7) is 9.15. The highest BCUT2D eigenvalue weighted by Gasteiger charge is 2.15. The molecule has 0 saturated carbocycles. The molecule has 0 aliphatic heterocycles. The van der Waals surface area contributed by atoms with Crippen LogP contribution >= 0.6 is 0 Å². The lowest BCUT2D eigenvalue weighted by molar-refractivity contribution is -0.118. The zero-order valence-electron chi connectivity index (χ0n) is 8.18. The van der Waals surface area contributed by atoms with Gasteiger partial charge < -0.3 is 4.74 Å². The van der Waals surface area contributed by atoms with Gasteiger partial charge in [-0.3, -0.25) is 4.79 Å². The molecule has 68 valence electrons. The summed E-state index contributed by atoms with van der Waals surface area (Å²) in [7, 11) is 1.51. The number of ketones is 1. The van der Waals surface area contributed by atoms with Crippen molar-refractivity contribution in [3.05, 3.63) is 24.0 Å². The normalized spacial score (nSPS) is 11.6. The molecule has 2 nitrogen and oxygen atoms in total. The lowest BCUT2D eigenvalue weighted by Gasteiger charge is -2.09. The number of methoxy groups -OCH3 is 1. The van der Waals surface area contributed by atoms with Crippen molar-refractivity contribution in [2.75, 3.05) is 7.11 Å². The van der Waals surface area contributed by atoms with E-state index in [1.165, 1.54) is 7.11 Å². The molecule has 0 fully saturated rings. The average Bonchev–Trinajstić information content (AvgIpc) is 2.05. The smallest absolute Gasteiger partial charge is 0.168 e. The van der Waals surface area contributed by atoms with Crippen LogP contribution in [-0.2, 0) is 9.53 Å². The molecule has 0 aromatic rings. The Bertz CT molecular complexity index is 212. The molecular weight excluding hydrogens is 152 g/mol. The topological polar surface area (TPSA) is 26.3 Å². The third-order valence-corrected chi connectivity index (χ3v) is 1.63. The second-order valence-electron chi connectivity index (χ2n) is 2.85. The standard InChI is InChI=1S/C10H16O2/c1-6-9(8(4)12-5)10(11)7(2)3/h6-7H,4H2,1-3,5H3/b9-6+.